The zero-order chi connectivity index (χ0) is 24.6. The van der Waals surface area contributed by atoms with Crippen LogP contribution in [0.25, 0.3) is 0 Å². The maximum absolute atomic E-state index is 12.6. The molecule has 0 saturated carbocycles. The first-order valence-electron chi connectivity index (χ1n) is 10.0. The number of aromatic nitrogens is 1. The average Bonchev–Trinajstić information content (AvgIpc) is 2.83. The van der Waals surface area contributed by atoms with Crippen LogP contribution in [0.15, 0.2) is 77.8 Å². The van der Waals surface area contributed by atoms with Crippen LogP contribution in [-0.2, 0) is 21.2 Å². The Kier molecular flexibility index (Phi) is 7.93. The number of para-hydroxylation sites is 1. The summed E-state index contributed by atoms with van der Waals surface area (Å²) in [5.41, 5.74) is 0.253. The second-order valence-corrected chi connectivity index (χ2v) is 8.70. The molecule has 0 fully saturated rings. The number of nitrogens with one attached hydrogen (secondary N) is 2. The molecule has 34 heavy (non-hydrogen) atoms. The topological polar surface area (TPSA) is 152 Å². The summed E-state index contributed by atoms with van der Waals surface area (Å²) < 4.78 is 32.5. The molecule has 0 atom stereocenters. The predicted molar refractivity (Wildman–Crippen MR) is 121 cm³/mol. The van der Waals surface area contributed by atoms with E-state index in [-0.39, 0.29) is 35.2 Å². The van der Waals surface area contributed by atoms with E-state index in [4.69, 9.17) is 9.84 Å². The Morgan fingerprint density at radius 1 is 0.971 bits per heavy atom. The number of pyridine rings is 1. The second kappa shape index (κ2) is 11.1. The Balaban J connectivity index is 1.54. The molecule has 11 heteroatoms. The largest absolute Gasteiger partial charge is 0.484 e. The van der Waals surface area contributed by atoms with Gasteiger partial charge < -0.3 is 15.2 Å². The lowest BCUT2D eigenvalue weighted by molar-refractivity contribution is -0.123. The van der Waals surface area contributed by atoms with Crippen molar-refractivity contribution in [2.24, 2.45) is 0 Å². The summed E-state index contributed by atoms with van der Waals surface area (Å²) in [6.45, 7) is 0.112. The molecular weight excluding hydrogens is 462 g/mol. The fourth-order valence-corrected chi connectivity index (χ4v) is 3.87. The van der Waals surface area contributed by atoms with E-state index in [0.29, 0.717) is 17.7 Å². The molecule has 0 radical (unpaired) electrons. The summed E-state index contributed by atoms with van der Waals surface area (Å²) in [5, 5.41) is 11.5. The molecule has 10 nitrogen and oxygen atoms in total. The van der Waals surface area contributed by atoms with Crippen LogP contribution < -0.4 is 14.8 Å². The van der Waals surface area contributed by atoms with Crippen molar-refractivity contribution >= 4 is 27.8 Å². The highest BCUT2D eigenvalue weighted by molar-refractivity contribution is 7.90. The second-order valence-electron chi connectivity index (χ2n) is 7.02. The van der Waals surface area contributed by atoms with Crippen molar-refractivity contribution in [2.75, 3.05) is 13.2 Å². The third-order valence-corrected chi connectivity index (χ3v) is 5.86. The lowest BCUT2D eigenvalue weighted by Gasteiger charge is -2.10. The number of rotatable bonds is 10. The van der Waals surface area contributed by atoms with Crippen molar-refractivity contribution in [3.8, 4) is 5.75 Å². The normalized spacial score (nSPS) is 10.8. The number of nitrogens with zero attached hydrogens (tertiary/aromatic N) is 1. The number of aromatic carboxylic acids is 1. The fourth-order valence-electron chi connectivity index (χ4n) is 2.83. The number of sulfonamides is 1. The zero-order valence-electron chi connectivity index (χ0n) is 17.8. The van der Waals surface area contributed by atoms with Gasteiger partial charge in [-0.1, -0.05) is 30.3 Å². The van der Waals surface area contributed by atoms with Crippen LogP contribution >= 0.6 is 0 Å². The molecular formula is C23H21N3O7S. The standard InChI is InChI=1S/C23H21N3O7S/c27-21(15-33-18-6-2-1-3-7-18)24-12-11-16-5-4-8-19(13-16)34(31,32)26-22(28)17-9-10-20(23(29)30)25-14-17/h1-10,13-14H,11-12,15H2,(H,24,27)(H,26,28)(H,29,30). The number of carbonyl (C=O) groups excluding carboxylic acids is 2. The number of carboxylic acid groups (broad SMARTS) is 1. The first kappa shape index (κ1) is 24.4. The van der Waals surface area contributed by atoms with E-state index >= 15 is 0 Å². The van der Waals surface area contributed by atoms with Crippen molar-refractivity contribution in [3.05, 3.63) is 89.7 Å². The molecule has 0 spiro atoms. The average molecular weight is 484 g/mol. The van der Waals surface area contributed by atoms with Crippen molar-refractivity contribution < 1.29 is 32.6 Å². The predicted octanol–water partition coefficient (Wildman–Crippen LogP) is 1.64. The van der Waals surface area contributed by atoms with Gasteiger partial charge in [0.25, 0.3) is 21.8 Å². The number of amides is 2. The number of hydrogen-bond acceptors (Lipinski definition) is 7. The van der Waals surface area contributed by atoms with E-state index in [1.165, 1.54) is 24.3 Å². The third-order valence-electron chi connectivity index (χ3n) is 4.53. The Hall–Kier alpha value is -4.25. The van der Waals surface area contributed by atoms with Crippen LogP contribution in [0.1, 0.15) is 26.4 Å². The van der Waals surface area contributed by atoms with Gasteiger partial charge in [-0.25, -0.2) is 22.9 Å². The van der Waals surface area contributed by atoms with Crippen LogP contribution in [0, 0.1) is 0 Å². The summed E-state index contributed by atoms with van der Waals surface area (Å²) in [4.78, 5) is 38.5. The SMILES string of the molecule is O=C(COc1ccccc1)NCCc1cccc(S(=O)(=O)NC(=O)c2ccc(C(=O)O)nc2)c1. The molecule has 0 saturated heterocycles. The number of ether oxygens (including phenoxy) is 1. The number of hydrogen-bond donors (Lipinski definition) is 3. The molecule has 0 aliphatic rings. The lowest BCUT2D eigenvalue weighted by atomic mass is 10.1. The Labute approximate surface area is 195 Å². The molecule has 2 aromatic carbocycles. The molecule has 1 aromatic heterocycles. The Morgan fingerprint density at radius 2 is 1.74 bits per heavy atom. The molecule has 0 unspecified atom stereocenters. The maximum Gasteiger partial charge on any atom is 0.354 e. The van der Waals surface area contributed by atoms with Gasteiger partial charge in [0.15, 0.2) is 6.61 Å². The highest BCUT2D eigenvalue weighted by Gasteiger charge is 2.20. The van der Waals surface area contributed by atoms with E-state index in [2.05, 4.69) is 10.3 Å². The lowest BCUT2D eigenvalue weighted by Crippen LogP contribution is -2.31. The summed E-state index contributed by atoms with van der Waals surface area (Å²) in [6.07, 6.45) is 1.34. The van der Waals surface area contributed by atoms with Crippen molar-refractivity contribution in [3.63, 3.8) is 0 Å². The molecule has 1 heterocycles. The minimum atomic E-state index is -4.19. The monoisotopic (exact) mass is 483 g/mol. The van der Waals surface area contributed by atoms with Gasteiger partial charge in [-0.3, -0.25) is 9.59 Å². The summed E-state index contributed by atoms with van der Waals surface area (Å²) >= 11 is 0. The number of benzene rings is 2. The van der Waals surface area contributed by atoms with Gasteiger partial charge in [-0.05, 0) is 48.4 Å². The zero-order valence-corrected chi connectivity index (χ0v) is 18.6. The molecule has 0 bridgehead atoms. The molecule has 2 amide bonds. The molecule has 3 aromatic rings. The molecule has 3 N–H and O–H groups in total. The number of carboxylic acids is 1. The van der Waals surface area contributed by atoms with Gasteiger partial charge in [0.05, 0.1) is 10.5 Å². The van der Waals surface area contributed by atoms with Gasteiger partial charge >= 0.3 is 5.97 Å². The van der Waals surface area contributed by atoms with Crippen LogP contribution in [-0.4, -0.2) is 49.4 Å². The van der Waals surface area contributed by atoms with E-state index in [0.717, 1.165) is 12.3 Å². The van der Waals surface area contributed by atoms with Gasteiger partial charge in [-0.15, -0.1) is 0 Å². The van der Waals surface area contributed by atoms with Crippen molar-refractivity contribution in [1.29, 1.82) is 0 Å². The summed E-state index contributed by atoms with van der Waals surface area (Å²) in [5.74, 6) is -1.95. The van der Waals surface area contributed by atoms with E-state index in [9.17, 15) is 22.8 Å². The Morgan fingerprint density at radius 3 is 2.41 bits per heavy atom. The first-order chi connectivity index (χ1) is 16.2. The highest BCUT2D eigenvalue weighted by Crippen LogP contribution is 2.13. The van der Waals surface area contributed by atoms with Crippen LogP contribution in [0.2, 0.25) is 0 Å². The smallest absolute Gasteiger partial charge is 0.354 e. The van der Waals surface area contributed by atoms with E-state index in [1.807, 2.05) is 10.8 Å². The minimum Gasteiger partial charge on any atom is -0.484 e. The third kappa shape index (κ3) is 6.87. The molecule has 0 aliphatic carbocycles. The molecule has 176 valence electrons. The van der Waals surface area contributed by atoms with Crippen molar-refractivity contribution in [2.45, 2.75) is 11.3 Å². The van der Waals surface area contributed by atoms with Crippen LogP contribution in [0.3, 0.4) is 0 Å². The van der Waals surface area contributed by atoms with E-state index < -0.39 is 21.9 Å². The van der Waals surface area contributed by atoms with Gasteiger partial charge in [-0.2, -0.15) is 0 Å². The van der Waals surface area contributed by atoms with Gasteiger partial charge in [0.1, 0.15) is 11.4 Å². The highest BCUT2D eigenvalue weighted by atomic mass is 32.2. The van der Waals surface area contributed by atoms with Gasteiger partial charge in [0.2, 0.25) is 0 Å². The Bertz CT molecular complexity index is 1280. The fraction of sp³-hybridized carbons (Fsp3) is 0.130. The minimum absolute atomic E-state index is 0.106. The maximum atomic E-state index is 12.6. The molecule has 3 rings (SSSR count). The van der Waals surface area contributed by atoms with Crippen LogP contribution in [0.4, 0.5) is 0 Å². The van der Waals surface area contributed by atoms with Crippen molar-refractivity contribution in [1.82, 2.24) is 15.0 Å². The summed E-state index contributed by atoms with van der Waals surface area (Å²) in [7, 11) is -4.19. The van der Waals surface area contributed by atoms with Crippen LogP contribution in [0.5, 0.6) is 5.75 Å². The van der Waals surface area contributed by atoms with E-state index in [1.54, 1.807) is 30.3 Å². The van der Waals surface area contributed by atoms with Gasteiger partial charge in [0, 0.05) is 12.7 Å². The quantitative estimate of drug-likeness (QED) is 0.394. The summed E-state index contributed by atoms with van der Waals surface area (Å²) in [6, 6.07) is 17.1. The number of carbonyl (C=O) groups is 3. The molecule has 0 aliphatic heterocycles. The first-order valence-corrected chi connectivity index (χ1v) is 11.5.